The van der Waals surface area contributed by atoms with Gasteiger partial charge in [0.2, 0.25) is 11.8 Å². The number of hydrogen-bond acceptors (Lipinski definition) is 3. The van der Waals surface area contributed by atoms with Gasteiger partial charge in [-0.15, -0.1) is 11.3 Å². The van der Waals surface area contributed by atoms with E-state index in [0.29, 0.717) is 19.5 Å². The lowest BCUT2D eigenvalue weighted by atomic mass is 9.79. The highest BCUT2D eigenvalue weighted by atomic mass is 32.1. The van der Waals surface area contributed by atoms with Crippen molar-refractivity contribution in [1.29, 1.82) is 0 Å². The van der Waals surface area contributed by atoms with E-state index in [1.54, 1.807) is 11.3 Å². The lowest BCUT2D eigenvalue weighted by molar-refractivity contribution is -0.138. The van der Waals surface area contributed by atoms with Crippen LogP contribution in [0.2, 0.25) is 0 Å². The molecule has 0 radical (unpaired) electrons. The van der Waals surface area contributed by atoms with Crippen LogP contribution in [0.4, 0.5) is 0 Å². The Labute approximate surface area is 177 Å². The molecule has 1 aliphatic heterocycles. The Morgan fingerprint density at radius 1 is 1.21 bits per heavy atom. The average Bonchev–Trinajstić information content (AvgIpc) is 3.31. The smallest absolute Gasteiger partial charge is 0.228 e. The molecule has 0 bridgehead atoms. The predicted molar refractivity (Wildman–Crippen MR) is 118 cm³/mol. The molecule has 1 aromatic heterocycles. The highest BCUT2D eigenvalue weighted by Gasteiger charge is 2.47. The second-order valence-electron chi connectivity index (χ2n) is 8.90. The molecule has 1 saturated heterocycles. The molecule has 5 heteroatoms. The van der Waals surface area contributed by atoms with Crippen molar-refractivity contribution >= 4 is 23.2 Å². The molecule has 0 spiro atoms. The van der Waals surface area contributed by atoms with Crippen LogP contribution in [0.15, 0.2) is 41.8 Å². The normalized spacial score (nSPS) is 22.0. The van der Waals surface area contributed by atoms with Gasteiger partial charge < -0.3 is 10.2 Å². The molecule has 154 valence electrons. The molecule has 4 rings (SSSR count). The summed E-state index contributed by atoms with van der Waals surface area (Å²) >= 11 is 1.73. The van der Waals surface area contributed by atoms with E-state index in [0.717, 1.165) is 31.2 Å². The van der Waals surface area contributed by atoms with E-state index >= 15 is 0 Å². The van der Waals surface area contributed by atoms with Crippen molar-refractivity contribution in [3.05, 3.63) is 47.3 Å². The molecule has 2 heterocycles. The number of thiophene rings is 1. The largest absolute Gasteiger partial charge is 0.353 e. The maximum Gasteiger partial charge on any atom is 0.228 e. The van der Waals surface area contributed by atoms with Gasteiger partial charge in [0.1, 0.15) is 0 Å². The van der Waals surface area contributed by atoms with Crippen LogP contribution in [0.25, 0.3) is 10.4 Å². The Morgan fingerprint density at radius 2 is 1.97 bits per heavy atom. The number of carbonyl (C=O) groups excluding carboxylic acids is 2. The van der Waals surface area contributed by atoms with Gasteiger partial charge in [0.25, 0.3) is 0 Å². The Morgan fingerprint density at radius 3 is 2.55 bits per heavy atom. The molecule has 2 aliphatic rings. The molecule has 2 amide bonds. The minimum absolute atomic E-state index is 0.0822. The number of rotatable bonds is 6. The summed E-state index contributed by atoms with van der Waals surface area (Å²) in [7, 11) is 0. The number of nitrogens with one attached hydrogen (secondary N) is 1. The first-order valence-electron chi connectivity index (χ1n) is 10.7. The van der Waals surface area contributed by atoms with Gasteiger partial charge in [-0.2, -0.15) is 0 Å². The van der Waals surface area contributed by atoms with Gasteiger partial charge >= 0.3 is 0 Å². The summed E-state index contributed by atoms with van der Waals surface area (Å²) in [5.74, 6) is 0.520. The Hall–Kier alpha value is -2.14. The summed E-state index contributed by atoms with van der Waals surface area (Å²) in [6.45, 7) is 5.21. The first kappa shape index (κ1) is 20.1. The third-order valence-electron chi connectivity index (χ3n) is 6.32. The fourth-order valence-corrected chi connectivity index (χ4v) is 5.15. The molecule has 2 fully saturated rings. The van der Waals surface area contributed by atoms with E-state index in [4.69, 9.17) is 0 Å². The molecule has 1 atom stereocenters. The van der Waals surface area contributed by atoms with E-state index < -0.39 is 5.41 Å². The van der Waals surface area contributed by atoms with Crippen LogP contribution in [-0.2, 0) is 16.0 Å². The van der Waals surface area contributed by atoms with E-state index in [1.165, 1.54) is 10.4 Å². The first-order chi connectivity index (χ1) is 14.0. The quantitative estimate of drug-likeness (QED) is 0.762. The zero-order valence-corrected chi connectivity index (χ0v) is 18.1. The molecular formula is C24H30N2O2S. The monoisotopic (exact) mass is 410 g/mol. The van der Waals surface area contributed by atoms with Gasteiger partial charge in [-0.25, -0.2) is 0 Å². The highest BCUT2D eigenvalue weighted by Crippen LogP contribution is 2.38. The fraction of sp³-hybridized carbons (Fsp3) is 0.500. The molecule has 29 heavy (non-hydrogen) atoms. The summed E-state index contributed by atoms with van der Waals surface area (Å²) in [6.07, 6.45) is 4.57. The summed E-state index contributed by atoms with van der Waals surface area (Å²) in [6, 6.07) is 12.8. The zero-order chi connectivity index (χ0) is 20.4. The van der Waals surface area contributed by atoms with Crippen molar-refractivity contribution in [2.45, 2.75) is 52.0 Å². The van der Waals surface area contributed by atoms with Crippen LogP contribution in [0, 0.1) is 11.3 Å². The third-order valence-corrected chi connectivity index (χ3v) is 7.24. The van der Waals surface area contributed by atoms with Gasteiger partial charge in [-0.1, -0.05) is 36.8 Å². The number of likely N-dealkylation sites (tertiary alicyclic amines) is 1. The molecule has 1 aliphatic carbocycles. The Bertz CT molecular complexity index is 856. The lowest BCUT2D eigenvalue weighted by Gasteiger charge is -2.32. The van der Waals surface area contributed by atoms with Crippen molar-refractivity contribution < 1.29 is 9.59 Å². The fourth-order valence-electron chi connectivity index (χ4n) is 4.42. The molecular weight excluding hydrogens is 380 g/mol. The summed E-state index contributed by atoms with van der Waals surface area (Å²) < 4.78 is 0. The lowest BCUT2D eigenvalue weighted by Crippen LogP contribution is -2.48. The number of amides is 2. The van der Waals surface area contributed by atoms with Crippen molar-refractivity contribution in [1.82, 2.24) is 10.2 Å². The standard InChI is InChI=1S/C24H30N2O2S/c1-17(2)25-23(28)24(12-13-26(16-24)22(27)20-5-3-6-20)15-18-8-10-19(11-9-18)21-7-4-14-29-21/h4,7-11,14,17,20H,3,5-6,12-13,15-16H2,1-2H3,(H,25,28). The zero-order valence-electron chi connectivity index (χ0n) is 17.3. The summed E-state index contributed by atoms with van der Waals surface area (Å²) in [4.78, 5) is 29.2. The van der Waals surface area contributed by atoms with Crippen molar-refractivity contribution in [3.63, 3.8) is 0 Å². The summed E-state index contributed by atoms with van der Waals surface area (Å²) in [5, 5.41) is 5.21. The SMILES string of the molecule is CC(C)NC(=O)C1(Cc2ccc(-c3cccs3)cc2)CCN(C(=O)C2CCC2)C1. The number of benzene rings is 1. The molecule has 1 N–H and O–H groups in total. The van der Waals surface area contributed by atoms with Crippen LogP contribution in [-0.4, -0.2) is 35.8 Å². The van der Waals surface area contributed by atoms with Gasteiger partial charge in [0.15, 0.2) is 0 Å². The number of carbonyl (C=O) groups is 2. The predicted octanol–water partition coefficient (Wildman–Crippen LogP) is 4.50. The summed E-state index contributed by atoms with van der Waals surface area (Å²) in [5.41, 5.74) is 1.83. The van der Waals surface area contributed by atoms with Gasteiger partial charge in [-0.05, 0) is 62.1 Å². The Balaban J connectivity index is 1.53. The van der Waals surface area contributed by atoms with Crippen LogP contribution in [0.1, 0.15) is 45.1 Å². The van der Waals surface area contributed by atoms with Gasteiger partial charge in [0.05, 0.1) is 5.41 Å². The van der Waals surface area contributed by atoms with Crippen LogP contribution in [0.5, 0.6) is 0 Å². The second-order valence-corrected chi connectivity index (χ2v) is 9.84. The minimum Gasteiger partial charge on any atom is -0.353 e. The van der Waals surface area contributed by atoms with E-state index in [2.05, 4.69) is 47.1 Å². The number of nitrogens with zero attached hydrogens (tertiary/aromatic N) is 1. The first-order valence-corrected chi connectivity index (χ1v) is 11.6. The van der Waals surface area contributed by atoms with Gasteiger partial charge in [0, 0.05) is 29.9 Å². The van der Waals surface area contributed by atoms with Crippen molar-refractivity contribution in [2.24, 2.45) is 11.3 Å². The maximum atomic E-state index is 13.2. The molecule has 1 aromatic carbocycles. The molecule has 1 unspecified atom stereocenters. The van der Waals surface area contributed by atoms with Crippen molar-refractivity contribution in [3.8, 4) is 10.4 Å². The Kier molecular flexibility index (Phi) is 5.77. The molecule has 4 nitrogen and oxygen atoms in total. The average molecular weight is 411 g/mol. The maximum absolute atomic E-state index is 13.2. The van der Waals surface area contributed by atoms with Crippen LogP contribution >= 0.6 is 11.3 Å². The second kappa shape index (κ2) is 8.31. The van der Waals surface area contributed by atoms with E-state index in [9.17, 15) is 9.59 Å². The molecule has 1 saturated carbocycles. The number of hydrogen-bond donors (Lipinski definition) is 1. The van der Waals surface area contributed by atoms with Crippen LogP contribution < -0.4 is 5.32 Å². The van der Waals surface area contributed by atoms with Gasteiger partial charge in [-0.3, -0.25) is 9.59 Å². The van der Waals surface area contributed by atoms with Crippen LogP contribution in [0.3, 0.4) is 0 Å². The van der Waals surface area contributed by atoms with E-state index in [1.807, 2.05) is 18.7 Å². The highest BCUT2D eigenvalue weighted by molar-refractivity contribution is 7.13. The van der Waals surface area contributed by atoms with Crippen molar-refractivity contribution in [2.75, 3.05) is 13.1 Å². The topological polar surface area (TPSA) is 49.4 Å². The molecule has 2 aromatic rings. The minimum atomic E-state index is -0.534. The van der Waals surface area contributed by atoms with E-state index in [-0.39, 0.29) is 23.8 Å². The third kappa shape index (κ3) is 4.25.